The van der Waals surface area contributed by atoms with Crippen molar-refractivity contribution in [3.05, 3.63) is 72.0 Å². The van der Waals surface area contributed by atoms with Gasteiger partial charge < -0.3 is 49.8 Å². The number of carbonyl (C=O) groups excluding carboxylic acids is 3. The maximum absolute atomic E-state index is 13.8. The van der Waals surface area contributed by atoms with Crippen LogP contribution >= 0.6 is 0 Å². The van der Waals surface area contributed by atoms with E-state index in [0.29, 0.717) is 0 Å². The smallest absolute Gasteiger partial charge is 0.271 e. The molecule has 2 aliphatic carbocycles. The van der Waals surface area contributed by atoms with E-state index in [1.165, 1.54) is 39.3 Å². The van der Waals surface area contributed by atoms with Gasteiger partial charge in [0.25, 0.3) is 10.9 Å². The number of phenols is 2. The number of rotatable bonds is 8. The molecule has 1 fully saturated rings. The van der Waals surface area contributed by atoms with Crippen LogP contribution in [0.2, 0.25) is 0 Å². The summed E-state index contributed by atoms with van der Waals surface area (Å²) in [7, 11) is 2.50. The normalized spacial score (nSPS) is 26.7. The molecule has 0 bridgehead atoms. The van der Waals surface area contributed by atoms with Gasteiger partial charge >= 0.3 is 0 Å². The summed E-state index contributed by atoms with van der Waals surface area (Å²) in [6.45, 7) is 0.420. The van der Waals surface area contributed by atoms with Crippen LogP contribution in [0.15, 0.2) is 27.8 Å². The molecule has 0 unspecified atom stereocenters. The lowest BCUT2D eigenvalue weighted by atomic mass is 9.72. The summed E-state index contributed by atoms with van der Waals surface area (Å²) in [5.41, 5.74) is -5.94. The highest BCUT2D eigenvalue weighted by Crippen LogP contribution is 2.52. The van der Waals surface area contributed by atoms with E-state index in [-0.39, 0.29) is 45.9 Å². The Morgan fingerprint density at radius 3 is 2.38 bits per heavy atom. The molecule has 6 atom stereocenters. The number of aromatic hydroxyl groups is 2. The molecular weight excluding hydrogens is 622 g/mol. The second-order valence-corrected chi connectivity index (χ2v) is 11.8. The van der Waals surface area contributed by atoms with E-state index in [9.17, 15) is 49.5 Å². The largest absolute Gasteiger partial charge is 0.507 e. The number of nitrogens with one attached hydrogen (secondary N) is 1. The predicted octanol–water partition coefficient (Wildman–Crippen LogP) is -0.241. The molecule has 0 radical (unpaired) electrons. The summed E-state index contributed by atoms with van der Waals surface area (Å²) < 4.78 is 22.2. The second kappa shape index (κ2) is 11.5. The maximum Gasteiger partial charge on any atom is 0.271 e. The Labute approximate surface area is 265 Å². The van der Waals surface area contributed by atoms with E-state index < -0.39 is 107 Å². The van der Waals surface area contributed by atoms with E-state index in [0.717, 1.165) is 0 Å². The van der Waals surface area contributed by atoms with E-state index in [1.54, 1.807) is 0 Å². The molecule has 15 nitrogen and oxygen atoms in total. The Kier molecular flexibility index (Phi) is 7.92. The fraction of sp³-hybridized carbons (Fsp3) is 0.406. The number of ketones is 3. The average Bonchev–Trinajstić information content (AvgIpc) is 3.05. The van der Waals surface area contributed by atoms with E-state index in [1.807, 2.05) is 0 Å². The van der Waals surface area contributed by atoms with E-state index in [4.69, 9.17) is 18.9 Å². The zero-order valence-electron chi connectivity index (χ0n) is 25.4. The molecule has 3 aliphatic rings. The average molecular weight is 654 g/mol. The van der Waals surface area contributed by atoms with Crippen molar-refractivity contribution in [1.82, 2.24) is 0 Å². The molecule has 6 rings (SSSR count). The third-order valence-corrected chi connectivity index (χ3v) is 9.16. The van der Waals surface area contributed by atoms with Crippen LogP contribution in [0.25, 0.3) is 0 Å². The summed E-state index contributed by atoms with van der Waals surface area (Å²) in [4.78, 5) is 64.3. The Balaban J connectivity index is 1.43. The molecular formula is C32H31NO14. The van der Waals surface area contributed by atoms with Crippen molar-refractivity contribution in [2.75, 3.05) is 26.1 Å². The number of anilines is 1. The minimum absolute atomic E-state index is 0.0545. The Morgan fingerprint density at radius 1 is 1.02 bits per heavy atom. The van der Waals surface area contributed by atoms with Gasteiger partial charge in [0.05, 0.1) is 49.2 Å². The molecule has 0 saturated carbocycles. The van der Waals surface area contributed by atoms with Crippen LogP contribution in [0.4, 0.5) is 5.69 Å². The van der Waals surface area contributed by atoms with Gasteiger partial charge in [-0.15, -0.1) is 0 Å². The molecule has 0 spiro atoms. The zero-order chi connectivity index (χ0) is 34.1. The van der Waals surface area contributed by atoms with Gasteiger partial charge in [-0.25, -0.2) is 0 Å². The SMILES string of the molecule is COc1cccc2c1C(=O)c1c(O)c3c(c(O)c1C2=O)C[C@@](O)(C(=O)CO)C[C@@H]3O[C@H]1C[C@H](Nc2c(OC)c(=O)c2=O)[C@H](O)[C@H](C)O1. The van der Waals surface area contributed by atoms with Crippen molar-refractivity contribution < 1.29 is 58.9 Å². The molecule has 1 saturated heterocycles. The lowest BCUT2D eigenvalue weighted by Crippen LogP contribution is -2.53. The number of Topliss-reactive ketones (excluding diaryl/α,β-unsaturated/α-hetero) is 1. The van der Waals surface area contributed by atoms with Crippen LogP contribution in [-0.2, 0) is 20.7 Å². The quantitative estimate of drug-likeness (QED) is 0.106. The summed E-state index contributed by atoms with van der Waals surface area (Å²) in [6.07, 6.45) is -6.28. The van der Waals surface area contributed by atoms with Gasteiger partial charge in [0, 0.05) is 36.0 Å². The molecule has 248 valence electrons. The van der Waals surface area contributed by atoms with Crippen molar-refractivity contribution in [3.8, 4) is 23.0 Å². The summed E-state index contributed by atoms with van der Waals surface area (Å²) >= 11 is 0. The number of phenolic OH excluding ortho intramolecular Hbond substituents is 2. The van der Waals surface area contributed by atoms with Gasteiger partial charge in [-0.2, -0.15) is 0 Å². The van der Waals surface area contributed by atoms with Gasteiger partial charge in [-0.05, 0) is 13.0 Å². The van der Waals surface area contributed by atoms with E-state index >= 15 is 0 Å². The lowest BCUT2D eigenvalue weighted by molar-refractivity contribution is -0.245. The zero-order valence-corrected chi connectivity index (χ0v) is 25.4. The highest BCUT2D eigenvalue weighted by molar-refractivity contribution is 6.31. The minimum Gasteiger partial charge on any atom is -0.507 e. The first-order valence-electron chi connectivity index (χ1n) is 14.6. The third kappa shape index (κ3) is 4.81. The molecule has 3 aromatic carbocycles. The number of carbonyl (C=O) groups is 3. The molecule has 6 N–H and O–H groups in total. The molecule has 1 aliphatic heterocycles. The maximum atomic E-state index is 13.8. The van der Waals surface area contributed by atoms with Gasteiger partial charge in [0.1, 0.15) is 41.2 Å². The van der Waals surface area contributed by atoms with E-state index in [2.05, 4.69) is 5.32 Å². The van der Waals surface area contributed by atoms with Crippen molar-refractivity contribution >= 4 is 23.0 Å². The summed E-state index contributed by atoms with van der Waals surface area (Å²) in [6, 6.07) is 3.35. The fourth-order valence-electron chi connectivity index (χ4n) is 6.74. The summed E-state index contributed by atoms with van der Waals surface area (Å²) in [5, 5.41) is 57.8. The lowest BCUT2D eigenvalue weighted by Gasteiger charge is -2.43. The standard InChI is InChI=1S/C32H31NO14/c1-11-24(36)14(33-23-29(41)30(42)31(23)45-3)7-18(46-11)47-16-9-32(43,17(35)10-34)8-13-20(16)28(40)22-21(26(13)38)25(37)12-5-4-6-15(44-2)19(12)27(22)39/h4-6,11,14,16,18,24,33-34,36,38,40,43H,7-10H2,1-3H3/t11-,14-,16-,18-,24+,32-/m0/s1. The van der Waals surface area contributed by atoms with Crippen molar-refractivity contribution in [2.24, 2.45) is 0 Å². The predicted molar refractivity (Wildman–Crippen MR) is 159 cm³/mol. The Hall–Kier alpha value is -4.67. The van der Waals surface area contributed by atoms with Gasteiger partial charge in [-0.1, -0.05) is 12.1 Å². The number of methoxy groups -OCH3 is 2. The van der Waals surface area contributed by atoms with Crippen molar-refractivity contribution in [3.63, 3.8) is 0 Å². The summed E-state index contributed by atoms with van der Waals surface area (Å²) in [5.74, 6) is -4.34. The first kappa shape index (κ1) is 32.3. The number of benzene rings is 2. The van der Waals surface area contributed by atoms with Crippen molar-refractivity contribution in [2.45, 2.75) is 62.4 Å². The third-order valence-electron chi connectivity index (χ3n) is 9.16. The highest BCUT2D eigenvalue weighted by Gasteiger charge is 2.50. The number of ether oxygens (including phenoxy) is 4. The fourth-order valence-corrected chi connectivity index (χ4v) is 6.74. The van der Waals surface area contributed by atoms with Crippen LogP contribution in [0.3, 0.4) is 0 Å². The van der Waals surface area contributed by atoms with Crippen LogP contribution in [0.5, 0.6) is 23.0 Å². The molecule has 3 aromatic rings. The topological polar surface area (TPSA) is 235 Å². The molecule has 15 heteroatoms. The first-order valence-corrected chi connectivity index (χ1v) is 14.6. The molecule has 1 heterocycles. The van der Waals surface area contributed by atoms with Gasteiger partial charge in [-0.3, -0.25) is 24.0 Å². The van der Waals surface area contributed by atoms with Crippen LogP contribution in [-0.4, -0.2) is 93.8 Å². The first-order chi connectivity index (χ1) is 22.3. The number of hydrogen-bond donors (Lipinski definition) is 6. The number of fused-ring (bicyclic) bond motifs is 3. The van der Waals surface area contributed by atoms with Crippen LogP contribution < -0.4 is 25.6 Å². The monoisotopic (exact) mass is 653 g/mol. The van der Waals surface area contributed by atoms with Gasteiger partial charge in [0.15, 0.2) is 23.6 Å². The highest BCUT2D eigenvalue weighted by atomic mass is 16.7. The van der Waals surface area contributed by atoms with Crippen LogP contribution in [0, 0.1) is 0 Å². The minimum atomic E-state index is -2.35. The van der Waals surface area contributed by atoms with Crippen molar-refractivity contribution in [1.29, 1.82) is 0 Å². The Bertz CT molecular complexity index is 1910. The molecule has 47 heavy (non-hydrogen) atoms. The van der Waals surface area contributed by atoms with Crippen LogP contribution in [0.1, 0.15) is 68.8 Å². The number of hydrogen-bond acceptors (Lipinski definition) is 15. The Morgan fingerprint density at radius 2 is 1.72 bits per heavy atom. The number of aliphatic hydroxyl groups is 3. The van der Waals surface area contributed by atoms with Gasteiger partial charge in [0.2, 0.25) is 5.78 Å². The number of aliphatic hydroxyl groups excluding tert-OH is 2. The molecule has 0 aromatic heterocycles. The second-order valence-electron chi connectivity index (χ2n) is 11.8. The molecule has 0 amide bonds.